The molecule has 2 aromatic rings. The predicted octanol–water partition coefficient (Wildman–Crippen LogP) is 2.66. The molecule has 3 aliphatic rings. The van der Waals surface area contributed by atoms with E-state index in [1.54, 1.807) is 9.58 Å². The fourth-order valence-electron chi connectivity index (χ4n) is 5.83. The average Bonchev–Trinajstić information content (AvgIpc) is 3.49. The van der Waals surface area contributed by atoms with E-state index in [4.69, 9.17) is 0 Å². The largest absolute Gasteiger partial charge is 0.401 e. The van der Waals surface area contributed by atoms with Crippen molar-refractivity contribution in [2.24, 2.45) is 0 Å². The lowest BCUT2D eigenvalue weighted by Crippen LogP contribution is -2.51. The molecule has 206 valence electrons. The van der Waals surface area contributed by atoms with Crippen LogP contribution in [-0.2, 0) is 24.2 Å². The van der Waals surface area contributed by atoms with Gasteiger partial charge in [-0.3, -0.25) is 19.2 Å². The monoisotopic (exact) mass is 532 g/mol. The van der Waals surface area contributed by atoms with Gasteiger partial charge in [-0.25, -0.2) is 0 Å². The number of rotatable bonds is 5. The summed E-state index contributed by atoms with van der Waals surface area (Å²) >= 11 is 0. The van der Waals surface area contributed by atoms with Crippen LogP contribution in [0.5, 0.6) is 0 Å². The van der Waals surface area contributed by atoms with Crippen LogP contribution in [0.3, 0.4) is 0 Å². The predicted molar refractivity (Wildman–Crippen MR) is 137 cm³/mol. The van der Waals surface area contributed by atoms with Crippen LogP contribution in [-0.4, -0.2) is 101 Å². The Morgan fingerprint density at radius 1 is 0.921 bits per heavy atom. The topological polar surface area (TPSA) is 64.9 Å². The fourth-order valence-corrected chi connectivity index (χ4v) is 5.83. The SMILES string of the molecule is Cc1cccc(N2CCN(C(=O)Cn3nc(C(=O)N4CCN(CC(F)(F)F)CC4)c4c3CCC4)CC2)c1C. The Labute approximate surface area is 221 Å². The Hall–Kier alpha value is -3.08. The van der Waals surface area contributed by atoms with Crippen LogP contribution in [0, 0.1) is 13.8 Å². The molecule has 0 unspecified atom stereocenters. The van der Waals surface area contributed by atoms with Crippen molar-refractivity contribution in [1.29, 1.82) is 0 Å². The first-order valence-electron chi connectivity index (χ1n) is 13.4. The molecular formula is C27H35F3N6O2. The number of piperazine rings is 2. The van der Waals surface area contributed by atoms with Crippen LogP contribution in [0.25, 0.3) is 0 Å². The van der Waals surface area contributed by atoms with Gasteiger partial charge in [0.2, 0.25) is 5.91 Å². The standard InChI is InChI=1S/C27H35F3N6O2/c1-19-5-3-7-22(20(19)2)33-13-15-34(16-14-33)24(37)17-36-23-8-4-6-21(23)25(31-36)26(38)35-11-9-32(10-12-35)18-27(28,29)30/h3,5,7H,4,6,8-18H2,1-2H3. The van der Waals surface area contributed by atoms with Crippen molar-refractivity contribution >= 4 is 17.5 Å². The number of benzene rings is 1. The van der Waals surface area contributed by atoms with Crippen molar-refractivity contribution in [3.05, 3.63) is 46.3 Å². The number of hydrogen-bond acceptors (Lipinski definition) is 5. The van der Waals surface area contributed by atoms with Gasteiger partial charge in [-0.2, -0.15) is 18.3 Å². The molecule has 8 nitrogen and oxygen atoms in total. The Kier molecular flexibility index (Phi) is 7.39. The number of anilines is 1. The number of hydrogen-bond donors (Lipinski definition) is 0. The molecule has 0 N–H and O–H groups in total. The highest BCUT2D eigenvalue weighted by molar-refractivity contribution is 5.94. The zero-order chi connectivity index (χ0) is 27.0. The number of carbonyl (C=O) groups is 2. The van der Waals surface area contributed by atoms with Gasteiger partial charge in [-0.05, 0) is 50.3 Å². The number of halogens is 3. The first-order chi connectivity index (χ1) is 18.1. The number of carbonyl (C=O) groups excluding carboxylic acids is 2. The molecule has 3 heterocycles. The molecule has 0 radical (unpaired) electrons. The molecule has 2 saturated heterocycles. The molecule has 1 aromatic carbocycles. The molecule has 38 heavy (non-hydrogen) atoms. The minimum Gasteiger partial charge on any atom is -0.368 e. The van der Waals surface area contributed by atoms with Gasteiger partial charge in [0.15, 0.2) is 5.69 Å². The maximum Gasteiger partial charge on any atom is 0.401 e. The van der Waals surface area contributed by atoms with Gasteiger partial charge in [0.05, 0.1) is 6.54 Å². The van der Waals surface area contributed by atoms with Crippen LogP contribution in [0.4, 0.5) is 18.9 Å². The lowest BCUT2D eigenvalue weighted by atomic mass is 10.1. The van der Waals surface area contributed by atoms with E-state index in [0.717, 1.165) is 43.6 Å². The molecule has 0 spiro atoms. The first kappa shape index (κ1) is 26.5. The molecule has 2 amide bonds. The summed E-state index contributed by atoms with van der Waals surface area (Å²) in [5.74, 6) is -0.259. The first-order valence-corrected chi connectivity index (χ1v) is 13.4. The third kappa shape index (κ3) is 5.52. The van der Waals surface area contributed by atoms with Gasteiger partial charge in [0.1, 0.15) is 6.54 Å². The molecule has 2 fully saturated rings. The average molecular weight is 533 g/mol. The van der Waals surface area contributed by atoms with Gasteiger partial charge in [-0.1, -0.05) is 12.1 Å². The second-order valence-corrected chi connectivity index (χ2v) is 10.6. The van der Waals surface area contributed by atoms with Crippen LogP contribution in [0.1, 0.15) is 39.3 Å². The van der Waals surface area contributed by atoms with Gasteiger partial charge >= 0.3 is 6.18 Å². The second-order valence-electron chi connectivity index (χ2n) is 10.6. The number of amides is 2. The zero-order valence-corrected chi connectivity index (χ0v) is 22.1. The third-order valence-electron chi connectivity index (χ3n) is 8.11. The van der Waals surface area contributed by atoms with E-state index in [0.29, 0.717) is 18.8 Å². The Morgan fingerprint density at radius 2 is 1.61 bits per heavy atom. The van der Waals surface area contributed by atoms with Gasteiger partial charge in [0, 0.05) is 69.3 Å². The maximum atomic E-state index is 13.3. The molecule has 0 saturated carbocycles. The summed E-state index contributed by atoms with van der Waals surface area (Å²) in [6, 6.07) is 6.30. The van der Waals surface area contributed by atoms with Crippen molar-refractivity contribution in [1.82, 2.24) is 24.5 Å². The normalized spacial score (nSPS) is 18.7. The summed E-state index contributed by atoms with van der Waals surface area (Å²) in [5, 5.41) is 4.58. The lowest BCUT2D eigenvalue weighted by molar-refractivity contribution is -0.148. The van der Waals surface area contributed by atoms with E-state index in [2.05, 4.69) is 42.0 Å². The molecule has 5 rings (SSSR count). The van der Waals surface area contributed by atoms with Crippen molar-refractivity contribution in [2.75, 3.05) is 63.8 Å². The quantitative estimate of drug-likeness (QED) is 0.593. The van der Waals surface area contributed by atoms with Gasteiger partial charge in [0.25, 0.3) is 5.91 Å². The van der Waals surface area contributed by atoms with Gasteiger partial charge < -0.3 is 14.7 Å². The number of fused-ring (bicyclic) bond motifs is 1. The fraction of sp³-hybridized carbons (Fsp3) is 0.593. The van der Waals surface area contributed by atoms with Crippen LogP contribution >= 0.6 is 0 Å². The molecule has 0 atom stereocenters. The van der Waals surface area contributed by atoms with Gasteiger partial charge in [-0.15, -0.1) is 0 Å². The Bertz CT molecular complexity index is 1190. The van der Waals surface area contributed by atoms with E-state index in [-0.39, 0.29) is 44.5 Å². The summed E-state index contributed by atoms with van der Waals surface area (Å²) in [6.45, 7) is 6.98. The van der Waals surface area contributed by atoms with E-state index < -0.39 is 12.7 Å². The molecule has 11 heteroatoms. The lowest BCUT2D eigenvalue weighted by Gasteiger charge is -2.37. The smallest absolute Gasteiger partial charge is 0.368 e. The van der Waals surface area contributed by atoms with Crippen LogP contribution < -0.4 is 4.90 Å². The van der Waals surface area contributed by atoms with Crippen molar-refractivity contribution in [3.63, 3.8) is 0 Å². The minimum absolute atomic E-state index is 0.0115. The Morgan fingerprint density at radius 3 is 2.29 bits per heavy atom. The summed E-state index contributed by atoms with van der Waals surface area (Å²) in [7, 11) is 0. The highest BCUT2D eigenvalue weighted by Crippen LogP contribution is 2.28. The molecule has 1 aliphatic carbocycles. The molecule has 0 bridgehead atoms. The summed E-state index contributed by atoms with van der Waals surface area (Å²) < 4.78 is 39.8. The highest BCUT2D eigenvalue weighted by Gasteiger charge is 2.35. The van der Waals surface area contributed by atoms with Crippen molar-refractivity contribution < 1.29 is 22.8 Å². The summed E-state index contributed by atoms with van der Waals surface area (Å²) in [6.07, 6.45) is -1.85. The third-order valence-corrected chi connectivity index (χ3v) is 8.11. The van der Waals surface area contributed by atoms with Crippen LogP contribution in [0.2, 0.25) is 0 Å². The number of nitrogens with zero attached hydrogens (tertiary/aromatic N) is 6. The molecule has 1 aromatic heterocycles. The summed E-state index contributed by atoms with van der Waals surface area (Å²) in [5.41, 5.74) is 5.91. The van der Waals surface area contributed by atoms with E-state index >= 15 is 0 Å². The van der Waals surface area contributed by atoms with E-state index in [9.17, 15) is 22.8 Å². The van der Waals surface area contributed by atoms with Crippen molar-refractivity contribution in [3.8, 4) is 0 Å². The number of aromatic nitrogens is 2. The highest BCUT2D eigenvalue weighted by atomic mass is 19.4. The second kappa shape index (κ2) is 10.6. The Balaban J connectivity index is 1.21. The van der Waals surface area contributed by atoms with Crippen LogP contribution in [0.15, 0.2) is 18.2 Å². The summed E-state index contributed by atoms with van der Waals surface area (Å²) in [4.78, 5) is 33.6. The van der Waals surface area contributed by atoms with E-state index in [1.807, 2.05) is 4.90 Å². The number of aryl methyl sites for hydroxylation is 1. The van der Waals surface area contributed by atoms with E-state index in [1.165, 1.54) is 21.7 Å². The zero-order valence-electron chi connectivity index (χ0n) is 22.1. The molecular weight excluding hydrogens is 497 g/mol. The minimum atomic E-state index is -4.25. The van der Waals surface area contributed by atoms with Crippen molar-refractivity contribution in [2.45, 2.75) is 45.8 Å². The molecule has 2 aliphatic heterocycles. The maximum absolute atomic E-state index is 13.3. The number of alkyl halides is 3.